The number of pyridine rings is 1. The number of aromatic nitrogens is 3. The van der Waals surface area contributed by atoms with Crippen LogP contribution in [0.15, 0.2) is 47.8 Å². The van der Waals surface area contributed by atoms with Gasteiger partial charge in [-0.15, -0.1) is 11.3 Å². The lowest BCUT2D eigenvalue weighted by Gasteiger charge is -2.14. The number of nitrogens with one attached hydrogen (secondary N) is 3. The van der Waals surface area contributed by atoms with Gasteiger partial charge in [0, 0.05) is 35.4 Å². The third-order valence-electron chi connectivity index (χ3n) is 7.33. The van der Waals surface area contributed by atoms with Gasteiger partial charge in [0.2, 0.25) is 0 Å². The van der Waals surface area contributed by atoms with Crippen molar-refractivity contribution >= 4 is 40.5 Å². The Morgan fingerprint density at radius 1 is 1.08 bits per heavy atom. The number of hydrogen-bond donors (Lipinski definition) is 3. The first-order valence-electron chi connectivity index (χ1n) is 13.2. The van der Waals surface area contributed by atoms with Crippen LogP contribution in [0.4, 0.5) is 5.69 Å². The summed E-state index contributed by atoms with van der Waals surface area (Å²) in [6, 6.07) is 13.8. The van der Waals surface area contributed by atoms with E-state index < -0.39 is 0 Å². The Morgan fingerprint density at radius 2 is 1.87 bits per heavy atom. The molecule has 1 aromatic carbocycles. The SMILES string of the molecule is Cc1[nH]c(C=C2C(=O)Nc3ccc(-c4csc(-c5ccccc5)n4)nc32)c(C)c1C(=O)NCCN1CCCC1. The molecule has 1 fully saturated rings. The van der Waals surface area contributed by atoms with Crippen LogP contribution in [0.2, 0.25) is 0 Å². The topological polar surface area (TPSA) is 103 Å². The first-order chi connectivity index (χ1) is 19.0. The molecule has 6 rings (SSSR count). The molecule has 198 valence electrons. The highest BCUT2D eigenvalue weighted by molar-refractivity contribution is 7.13. The highest BCUT2D eigenvalue weighted by atomic mass is 32.1. The average Bonchev–Trinajstić information content (AvgIpc) is 3.73. The molecule has 9 heteroatoms. The predicted molar refractivity (Wildman–Crippen MR) is 156 cm³/mol. The zero-order valence-corrected chi connectivity index (χ0v) is 22.8. The number of H-pyrrole nitrogens is 1. The maximum absolute atomic E-state index is 13.0. The van der Waals surface area contributed by atoms with Crippen molar-refractivity contribution in [2.75, 3.05) is 31.5 Å². The van der Waals surface area contributed by atoms with Crippen molar-refractivity contribution in [3.05, 3.63) is 76.1 Å². The van der Waals surface area contributed by atoms with E-state index in [-0.39, 0.29) is 11.8 Å². The third kappa shape index (κ3) is 5.03. The fourth-order valence-corrected chi connectivity index (χ4v) is 6.09. The third-order valence-corrected chi connectivity index (χ3v) is 8.23. The number of rotatable bonds is 7. The summed E-state index contributed by atoms with van der Waals surface area (Å²) in [4.78, 5) is 41.2. The lowest BCUT2D eigenvalue weighted by molar-refractivity contribution is -0.110. The van der Waals surface area contributed by atoms with Crippen LogP contribution in [-0.2, 0) is 4.79 Å². The molecule has 0 atom stereocenters. The summed E-state index contributed by atoms with van der Waals surface area (Å²) in [5, 5.41) is 8.87. The maximum atomic E-state index is 13.0. The molecule has 2 amide bonds. The van der Waals surface area contributed by atoms with Gasteiger partial charge >= 0.3 is 0 Å². The lowest BCUT2D eigenvalue weighted by atomic mass is 10.1. The van der Waals surface area contributed by atoms with Gasteiger partial charge in [-0.3, -0.25) is 9.59 Å². The predicted octanol–water partition coefficient (Wildman–Crippen LogP) is 5.14. The van der Waals surface area contributed by atoms with Gasteiger partial charge in [0.25, 0.3) is 11.8 Å². The second kappa shape index (κ2) is 10.6. The molecule has 0 radical (unpaired) electrons. The van der Waals surface area contributed by atoms with Crippen molar-refractivity contribution < 1.29 is 9.59 Å². The van der Waals surface area contributed by atoms with E-state index in [1.165, 1.54) is 12.8 Å². The van der Waals surface area contributed by atoms with Crippen LogP contribution >= 0.6 is 11.3 Å². The Labute approximate surface area is 231 Å². The van der Waals surface area contributed by atoms with E-state index in [9.17, 15) is 9.59 Å². The lowest BCUT2D eigenvalue weighted by Crippen LogP contribution is -2.33. The van der Waals surface area contributed by atoms with E-state index in [1.807, 2.05) is 61.7 Å². The van der Waals surface area contributed by atoms with Gasteiger partial charge in [-0.1, -0.05) is 30.3 Å². The van der Waals surface area contributed by atoms with E-state index in [0.29, 0.717) is 34.8 Å². The first kappa shape index (κ1) is 25.2. The molecule has 5 heterocycles. The van der Waals surface area contributed by atoms with E-state index in [1.54, 1.807) is 17.4 Å². The van der Waals surface area contributed by atoms with Crippen molar-refractivity contribution in [1.82, 2.24) is 25.2 Å². The largest absolute Gasteiger partial charge is 0.358 e. The van der Waals surface area contributed by atoms with Gasteiger partial charge in [0.1, 0.15) is 16.4 Å². The van der Waals surface area contributed by atoms with Crippen LogP contribution in [-0.4, -0.2) is 57.8 Å². The molecule has 8 nitrogen and oxygen atoms in total. The molecular weight excluding hydrogens is 508 g/mol. The van der Waals surface area contributed by atoms with Crippen molar-refractivity contribution in [2.45, 2.75) is 26.7 Å². The fraction of sp³-hybridized carbons (Fsp3) is 0.267. The molecule has 1 saturated heterocycles. The number of carbonyl (C=O) groups excluding carboxylic acids is 2. The molecule has 3 aromatic heterocycles. The standard InChI is InChI=1S/C30H30N6O2S/c1-18-24(32-19(2)26(18)29(38)31-12-15-36-13-6-7-14-36)16-21-27-23(34-28(21)37)11-10-22(33-27)25-17-39-30(35-25)20-8-4-3-5-9-20/h3-5,8-11,16-17,32H,6-7,12-15H2,1-2H3,(H,31,38)(H,34,37). The minimum atomic E-state index is -0.221. The number of amides is 2. The van der Waals surface area contributed by atoms with Gasteiger partial charge in [-0.2, -0.15) is 0 Å². The minimum absolute atomic E-state index is 0.0977. The summed E-state index contributed by atoms with van der Waals surface area (Å²) >= 11 is 1.56. The Hall–Kier alpha value is -4.08. The molecular formula is C30H30N6O2S. The molecule has 0 saturated carbocycles. The molecule has 0 bridgehead atoms. The molecule has 0 unspecified atom stereocenters. The number of carbonyl (C=O) groups is 2. The van der Waals surface area contributed by atoms with Crippen molar-refractivity contribution in [1.29, 1.82) is 0 Å². The summed E-state index contributed by atoms with van der Waals surface area (Å²) in [6.07, 6.45) is 4.25. The van der Waals surface area contributed by atoms with Crippen LogP contribution in [0.1, 0.15) is 45.8 Å². The van der Waals surface area contributed by atoms with E-state index >= 15 is 0 Å². The fourth-order valence-electron chi connectivity index (χ4n) is 5.27. The summed E-state index contributed by atoms with van der Waals surface area (Å²) in [5.74, 6) is -0.319. The van der Waals surface area contributed by atoms with Crippen molar-refractivity contribution in [3.63, 3.8) is 0 Å². The highest BCUT2D eigenvalue weighted by Gasteiger charge is 2.28. The van der Waals surface area contributed by atoms with E-state index in [4.69, 9.17) is 9.97 Å². The Balaban J connectivity index is 1.25. The molecule has 2 aliphatic rings. The van der Waals surface area contributed by atoms with Crippen molar-refractivity contribution in [3.8, 4) is 22.0 Å². The van der Waals surface area contributed by atoms with Crippen LogP contribution < -0.4 is 10.6 Å². The van der Waals surface area contributed by atoms with Crippen LogP contribution in [0.5, 0.6) is 0 Å². The minimum Gasteiger partial charge on any atom is -0.358 e. The average molecular weight is 539 g/mol. The zero-order chi connectivity index (χ0) is 26.9. The highest BCUT2D eigenvalue weighted by Crippen LogP contribution is 2.35. The number of fused-ring (bicyclic) bond motifs is 1. The molecule has 0 spiro atoms. The molecule has 0 aliphatic carbocycles. The Morgan fingerprint density at radius 3 is 2.67 bits per heavy atom. The zero-order valence-electron chi connectivity index (χ0n) is 22.0. The second-order valence-electron chi connectivity index (χ2n) is 9.98. The second-order valence-corrected chi connectivity index (χ2v) is 10.8. The van der Waals surface area contributed by atoms with Crippen LogP contribution in [0, 0.1) is 13.8 Å². The first-order valence-corrected chi connectivity index (χ1v) is 14.1. The van der Waals surface area contributed by atoms with Gasteiger partial charge in [0.05, 0.1) is 22.5 Å². The number of anilines is 1. The molecule has 39 heavy (non-hydrogen) atoms. The van der Waals surface area contributed by atoms with Crippen LogP contribution in [0.25, 0.3) is 33.6 Å². The Bertz CT molecular complexity index is 1580. The summed E-state index contributed by atoms with van der Waals surface area (Å²) in [7, 11) is 0. The van der Waals surface area contributed by atoms with E-state index in [2.05, 4.69) is 20.5 Å². The number of thiazole rings is 1. The van der Waals surface area contributed by atoms with Gasteiger partial charge < -0.3 is 20.5 Å². The summed E-state index contributed by atoms with van der Waals surface area (Å²) in [5.41, 5.74) is 7.15. The smallest absolute Gasteiger partial charge is 0.258 e. The number of aryl methyl sites for hydroxylation is 1. The monoisotopic (exact) mass is 538 g/mol. The molecule has 3 N–H and O–H groups in total. The number of benzene rings is 1. The molecule has 4 aromatic rings. The summed E-state index contributed by atoms with van der Waals surface area (Å²) in [6.45, 7) is 7.48. The van der Waals surface area contributed by atoms with E-state index in [0.717, 1.165) is 52.9 Å². The normalized spacial score (nSPS) is 16.1. The summed E-state index contributed by atoms with van der Waals surface area (Å²) < 4.78 is 0. The number of likely N-dealkylation sites (tertiary alicyclic amines) is 1. The number of aromatic amines is 1. The Kier molecular flexibility index (Phi) is 6.85. The number of hydrogen-bond acceptors (Lipinski definition) is 6. The van der Waals surface area contributed by atoms with Crippen molar-refractivity contribution in [2.24, 2.45) is 0 Å². The van der Waals surface area contributed by atoms with Gasteiger partial charge in [0.15, 0.2) is 0 Å². The number of nitrogens with zero attached hydrogens (tertiary/aromatic N) is 3. The quantitative estimate of drug-likeness (QED) is 0.283. The van der Waals surface area contributed by atoms with Crippen LogP contribution in [0.3, 0.4) is 0 Å². The maximum Gasteiger partial charge on any atom is 0.258 e. The van der Waals surface area contributed by atoms with Gasteiger partial charge in [-0.05, 0) is 63.6 Å². The van der Waals surface area contributed by atoms with Gasteiger partial charge in [-0.25, -0.2) is 9.97 Å². The molecule has 2 aliphatic heterocycles.